The summed E-state index contributed by atoms with van der Waals surface area (Å²) in [5.41, 5.74) is 4.98. The fourth-order valence-corrected chi connectivity index (χ4v) is 3.06. The number of ketones is 1. The number of amides is 2. The maximum absolute atomic E-state index is 12.9. The fourth-order valence-electron chi connectivity index (χ4n) is 2.84. The number of benzene rings is 3. The van der Waals surface area contributed by atoms with Crippen LogP contribution in [0.1, 0.15) is 36.6 Å². The molecule has 0 aliphatic rings. The van der Waals surface area contributed by atoms with Crippen LogP contribution < -0.4 is 15.6 Å². The molecule has 0 aromatic heterocycles. The number of carbonyl (C=O) groups excluding carboxylic acids is 4. The van der Waals surface area contributed by atoms with E-state index in [0.717, 1.165) is 0 Å². The largest absolute Gasteiger partial charge is 0.497 e. The Kier molecular flexibility index (Phi) is 7.77. The Morgan fingerprint density at radius 1 is 0.788 bits per heavy atom. The number of methoxy groups -OCH3 is 1. The van der Waals surface area contributed by atoms with Crippen molar-refractivity contribution in [2.45, 2.75) is 0 Å². The predicted molar refractivity (Wildman–Crippen MR) is 120 cm³/mol. The third kappa shape index (κ3) is 5.96. The summed E-state index contributed by atoms with van der Waals surface area (Å²) >= 11 is 5.93. The van der Waals surface area contributed by atoms with E-state index in [1.165, 1.54) is 31.4 Å². The molecule has 0 aliphatic heterocycles. The van der Waals surface area contributed by atoms with Crippen LogP contribution in [0, 0.1) is 0 Å². The van der Waals surface area contributed by atoms with Gasteiger partial charge in [0, 0.05) is 11.1 Å². The zero-order valence-corrected chi connectivity index (χ0v) is 18.2. The zero-order valence-electron chi connectivity index (χ0n) is 17.5. The van der Waals surface area contributed by atoms with E-state index in [9.17, 15) is 19.2 Å². The van der Waals surface area contributed by atoms with Crippen molar-refractivity contribution < 1.29 is 28.7 Å². The van der Waals surface area contributed by atoms with Crippen molar-refractivity contribution in [1.82, 2.24) is 10.9 Å². The van der Waals surface area contributed by atoms with E-state index in [2.05, 4.69) is 10.9 Å². The summed E-state index contributed by atoms with van der Waals surface area (Å²) in [5, 5.41) is 0.216. The van der Waals surface area contributed by atoms with Gasteiger partial charge in [0.25, 0.3) is 11.8 Å². The lowest BCUT2D eigenvalue weighted by Gasteiger charge is -2.11. The van der Waals surface area contributed by atoms with Gasteiger partial charge < -0.3 is 9.47 Å². The molecule has 3 aromatic rings. The van der Waals surface area contributed by atoms with Crippen molar-refractivity contribution in [3.05, 3.63) is 100 Å². The Balaban J connectivity index is 1.60. The summed E-state index contributed by atoms with van der Waals surface area (Å²) in [6, 6.07) is 18.8. The van der Waals surface area contributed by atoms with E-state index >= 15 is 0 Å². The maximum Gasteiger partial charge on any atom is 0.339 e. The zero-order chi connectivity index (χ0) is 23.8. The Morgan fingerprint density at radius 3 is 2.03 bits per heavy atom. The number of hydrogen-bond donors (Lipinski definition) is 2. The molecule has 2 N–H and O–H groups in total. The van der Waals surface area contributed by atoms with Gasteiger partial charge in [0.1, 0.15) is 5.75 Å². The van der Waals surface area contributed by atoms with E-state index < -0.39 is 24.4 Å². The summed E-state index contributed by atoms with van der Waals surface area (Å²) in [6.07, 6.45) is 0. The Hall–Kier alpha value is -4.17. The van der Waals surface area contributed by atoms with Gasteiger partial charge in [-0.05, 0) is 42.5 Å². The van der Waals surface area contributed by atoms with Crippen LogP contribution in [0.5, 0.6) is 5.75 Å². The van der Waals surface area contributed by atoms with Crippen molar-refractivity contribution in [1.29, 1.82) is 0 Å². The normalized spacial score (nSPS) is 10.1. The van der Waals surface area contributed by atoms with Crippen molar-refractivity contribution >= 4 is 35.2 Å². The van der Waals surface area contributed by atoms with Gasteiger partial charge in [-0.15, -0.1) is 0 Å². The average molecular weight is 467 g/mol. The first-order valence-corrected chi connectivity index (χ1v) is 10.1. The lowest BCUT2D eigenvalue weighted by atomic mass is 9.98. The number of hydrogen-bond acceptors (Lipinski definition) is 6. The smallest absolute Gasteiger partial charge is 0.339 e. The number of ether oxygens (including phenoxy) is 2. The minimum absolute atomic E-state index is 0.00576. The van der Waals surface area contributed by atoms with Gasteiger partial charge in [0.2, 0.25) is 0 Å². The minimum atomic E-state index is -0.861. The van der Waals surface area contributed by atoms with Crippen LogP contribution >= 0.6 is 11.6 Å². The first-order valence-electron chi connectivity index (χ1n) is 9.69. The highest BCUT2D eigenvalue weighted by Crippen LogP contribution is 2.18. The van der Waals surface area contributed by atoms with Crippen LogP contribution in [0.15, 0.2) is 72.8 Å². The highest BCUT2D eigenvalue weighted by Gasteiger charge is 2.20. The number of carbonyl (C=O) groups is 4. The molecule has 0 aliphatic carbocycles. The van der Waals surface area contributed by atoms with Gasteiger partial charge in [-0.25, -0.2) is 4.79 Å². The summed E-state index contributed by atoms with van der Waals surface area (Å²) in [5.74, 6) is -2.06. The standard InChI is InChI=1S/C24H19ClN2O6/c1-32-16-12-10-15(11-13-16)22(29)17-6-2-3-7-18(17)24(31)33-14-21(28)26-27-23(30)19-8-4-5-9-20(19)25/h2-13H,14H2,1H3,(H,26,28)(H,27,30). The van der Waals surface area contributed by atoms with Gasteiger partial charge in [-0.1, -0.05) is 41.9 Å². The van der Waals surface area contributed by atoms with E-state index in [1.54, 1.807) is 48.5 Å². The van der Waals surface area contributed by atoms with E-state index in [0.29, 0.717) is 11.3 Å². The molecule has 0 saturated heterocycles. The number of nitrogens with one attached hydrogen (secondary N) is 2. The molecule has 3 rings (SSSR count). The van der Waals surface area contributed by atoms with Gasteiger partial charge in [-0.2, -0.15) is 0 Å². The molecule has 0 atom stereocenters. The molecule has 0 spiro atoms. The maximum atomic E-state index is 12.9. The SMILES string of the molecule is COc1ccc(C(=O)c2ccccc2C(=O)OCC(=O)NNC(=O)c2ccccc2Cl)cc1. The van der Waals surface area contributed by atoms with Crippen LogP contribution in [0.25, 0.3) is 0 Å². The van der Waals surface area contributed by atoms with Crippen LogP contribution in [-0.4, -0.2) is 37.3 Å². The first kappa shape index (κ1) is 23.5. The second-order valence-electron chi connectivity index (χ2n) is 6.66. The van der Waals surface area contributed by atoms with Gasteiger partial charge in [-0.3, -0.25) is 25.2 Å². The predicted octanol–water partition coefficient (Wildman–Crippen LogP) is 3.20. The molecule has 0 heterocycles. The summed E-state index contributed by atoms with van der Waals surface area (Å²) in [4.78, 5) is 49.4. The Bertz CT molecular complexity index is 1190. The third-order valence-electron chi connectivity index (χ3n) is 4.51. The van der Waals surface area contributed by atoms with Gasteiger partial charge >= 0.3 is 5.97 Å². The quantitative estimate of drug-likeness (QED) is 0.314. The van der Waals surface area contributed by atoms with Crippen LogP contribution in [-0.2, 0) is 9.53 Å². The van der Waals surface area contributed by atoms with Crippen LogP contribution in [0.2, 0.25) is 5.02 Å². The van der Waals surface area contributed by atoms with Gasteiger partial charge in [0.15, 0.2) is 12.4 Å². The van der Waals surface area contributed by atoms with Gasteiger partial charge in [0.05, 0.1) is 23.3 Å². The number of halogens is 1. The van der Waals surface area contributed by atoms with E-state index in [1.807, 2.05) is 0 Å². The summed E-state index contributed by atoms with van der Waals surface area (Å²) in [6.45, 7) is -0.674. The molecular weight excluding hydrogens is 448 g/mol. The molecule has 3 aromatic carbocycles. The molecule has 0 saturated carbocycles. The molecule has 33 heavy (non-hydrogen) atoms. The van der Waals surface area contributed by atoms with E-state index in [4.69, 9.17) is 21.1 Å². The third-order valence-corrected chi connectivity index (χ3v) is 4.84. The molecule has 8 nitrogen and oxygen atoms in total. The molecule has 2 amide bonds. The van der Waals surface area contributed by atoms with Crippen molar-refractivity contribution in [2.75, 3.05) is 13.7 Å². The second kappa shape index (κ2) is 10.9. The van der Waals surface area contributed by atoms with Crippen LogP contribution in [0.3, 0.4) is 0 Å². The van der Waals surface area contributed by atoms with Crippen molar-refractivity contribution in [3.63, 3.8) is 0 Å². The number of hydrazine groups is 1. The molecular formula is C24H19ClN2O6. The summed E-state index contributed by atoms with van der Waals surface area (Å²) < 4.78 is 10.1. The summed E-state index contributed by atoms with van der Waals surface area (Å²) in [7, 11) is 1.51. The Labute approximate surface area is 194 Å². The second-order valence-corrected chi connectivity index (χ2v) is 7.07. The monoisotopic (exact) mass is 466 g/mol. The van der Waals surface area contributed by atoms with E-state index in [-0.39, 0.29) is 27.5 Å². The highest BCUT2D eigenvalue weighted by atomic mass is 35.5. The molecule has 0 fully saturated rings. The Morgan fingerprint density at radius 2 is 1.39 bits per heavy atom. The van der Waals surface area contributed by atoms with Crippen LogP contribution in [0.4, 0.5) is 0 Å². The minimum Gasteiger partial charge on any atom is -0.497 e. The van der Waals surface area contributed by atoms with Crippen molar-refractivity contribution in [3.8, 4) is 5.75 Å². The molecule has 0 unspecified atom stereocenters. The molecule has 168 valence electrons. The van der Waals surface area contributed by atoms with Crippen molar-refractivity contribution in [2.24, 2.45) is 0 Å². The molecule has 0 radical (unpaired) electrons. The first-order chi connectivity index (χ1) is 15.9. The lowest BCUT2D eigenvalue weighted by Crippen LogP contribution is -2.43. The topological polar surface area (TPSA) is 111 Å². The lowest BCUT2D eigenvalue weighted by molar-refractivity contribution is -0.125. The number of rotatable bonds is 7. The fraction of sp³-hybridized carbons (Fsp3) is 0.0833. The molecule has 0 bridgehead atoms. The average Bonchev–Trinajstić information content (AvgIpc) is 2.85. The molecule has 9 heteroatoms. The number of esters is 1. The highest BCUT2D eigenvalue weighted by molar-refractivity contribution is 6.33.